The van der Waals surface area contributed by atoms with Crippen LogP contribution < -0.4 is 11.1 Å². The van der Waals surface area contributed by atoms with E-state index in [4.69, 9.17) is 22.4 Å². The Hall–Kier alpha value is -2.45. The van der Waals surface area contributed by atoms with Crippen LogP contribution in [0.25, 0.3) is 11.1 Å². The van der Waals surface area contributed by atoms with Gasteiger partial charge in [-0.25, -0.2) is 0 Å². The van der Waals surface area contributed by atoms with Crippen LogP contribution in [0.15, 0.2) is 34.1 Å². The number of nitrogens with one attached hydrogen (secondary N) is 2. The lowest BCUT2D eigenvalue weighted by molar-refractivity contribution is 0.100. The summed E-state index contributed by atoms with van der Waals surface area (Å²) >= 11 is 6.05. The van der Waals surface area contributed by atoms with Gasteiger partial charge in [-0.1, -0.05) is 0 Å². The van der Waals surface area contributed by atoms with Crippen molar-refractivity contribution in [2.24, 2.45) is 5.73 Å². The van der Waals surface area contributed by atoms with Crippen LogP contribution in [0, 0.1) is 4.84 Å². The first-order valence-electron chi connectivity index (χ1n) is 5.85. The number of primary amides is 1. The number of hydrogen-bond acceptors (Lipinski definition) is 5. The number of fused-ring (bicyclic) bond motifs is 1. The van der Waals surface area contributed by atoms with Gasteiger partial charge in [0.2, 0.25) is 5.91 Å². The van der Waals surface area contributed by atoms with E-state index in [2.05, 4.69) is 10.3 Å². The summed E-state index contributed by atoms with van der Waals surface area (Å²) in [6.07, 6.45) is 0. The Morgan fingerprint density at radius 3 is 2.86 bits per heavy atom. The molecule has 0 aliphatic carbocycles. The van der Waals surface area contributed by atoms with Crippen molar-refractivity contribution in [1.29, 1.82) is 0 Å². The maximum Gasteiger partial charge on any atom is 0.266 e. The van der Waals surface area contributed by atoms with Crippen molar-refractivity contribution in [2.75, 3.05) is 5.32 Å². The highest BCUT2D eigenvalue weighted by atomic mass is 32.1. The summed E-state index contributed by atoms with van der Waals surface area (Å²) in [6.45, 7) is 0. The van der Waals surface area contributed by atoms with Crippen molar-refractivity contribution in [3.05, 3.63) is 44.9 Å². The van der Waals surface area contributed by atoms with Gasteiger partial charge < -0.3 is 20.5 Å². The van der Waals surface area contributed by atoms with Crippen LogP contribution in [-0.2, 0) is 0 Å². The quantitative estimate of drug-likeness (QED) is 0.646. The molecule has 3 aromatic rings. The Morgan fingerprint density at radius 1 is 1.33 bits per heavy atom. The third-order valence-corrected chi connectivity index (χ3v) is 3.90. The molecule has 0 radical (unpaired) electrons. The average Bonchev–Trinajstić information content (AvgIpc) is 3.03. The van der Waals surface area contributed by atoms with Gasteiger partial charge >= 0.3 is 0 Å². The number of aromatic nitrogens is 1. The number of amides is 2. The van der Waals surface area contributed by atoms with E-state index in [0.29, 0.717) is 21.7 Å². The molecule has 2 amide bonds. The highest BCUT2D eigenvalue weighted by Gasteiger charge is 2.12. The standard InChI is InChI=1S/C13H9N3O3S2/c14-11(17)6-3-10(21-5-6)12(18)15-7-1-2-8-9(4-7)19-13(20)16-8/h1-5H,(H2,14,17)(H,15,18)(H,16,20). The highest BCUT2D eigenvalue weighted by Crippen LogP contribution is 2.21. The lowest BCUT2D eigenvalue weighted by Crippen LogP contribution is -2.11. The molecular formula is C13H9N3O3S2. The lowest BCUT2D eigenvalue weighted by Gasteiger charge is -2.02. The third kappa shape index (κ3) is 2.71. The molecule has 0 saturated carbocycles. The van der Waals surface area contributed by atoms with E-state index in [-0.39, 0.29) is 10.7 Å². The number of hydrogen-bond donors (Lipinski definition) is 3. The molecule has 0 aliphatic rings. The minimum absolute atomic E-state index is 0.276. The van der Waals surface area contributed by atoms with E-state index in [9.17, 15) is 9.59 Å². The second-order valence-electron chi connectivity index (χ2n) is 4.24. The summed E-state index contributed by atoms with van der Waals surface area (Å²) in [5.41, 5.74) is 7.35. The summed E-state index contributed by atoms with van der Waals surface area (Å²) in [5, 5.41) is 4.27. The second-order valence-corrected chi connectivity index (χ2v) is 5.53. The molecule has 8 heteroatoms. The zero-order chi connectivity index (χ0) is 15.0. The lowest BCUT2D eigenvalue weighted by atomic mass is 10.2. The molecule has 2 aromatic heterocycles. The molecule has 1 aromatic carbocycles. The molecule has 0 saturated heterocycles. The van der Waals surface area contributed by atoms with Gasteiger partial charge in [0.05, 0.1) is 16.0 Å². The second kappa shape index (κ2) is 5.15. The largest absolute Gasteiger partial charge is 0.429 e. The van der Waals surface area contributed by atoms with E-state index in [1.165, 1.54) is 6.07 Å². The normalized spacial score (nSPS) is 10.7. The van der Waals surface area contributed by atoms with Gasteiger partial charge in [0.15, 0.2) is 5.58 Å². The number of H-pyrrole nitrogens is 1. The Bertz CT molecular complexity index is 907. The molecule has 4 N–H and O–H groups in total. The fourth-order valence-corrected chi connectivity index (χ4v) is 2.79. The van der Waals surface area contributed by atoms with Crippen LogP contribution in [0.3, 0.4) is 0 Å². The maximum absolute atomic E-state index is 12.1. The van der Waals surface area contributed by atoms with Crippen LogP contribution in [0.5, 0.6) is 0 Å². The fraction of sp³-hybridized carbons (Fsp3) is 0. The predicted octanol–water partition coefficient (Wildman–Crippen LogP) is 2.90. The minimum Gasteiger partial charge on any atom is -0.429 e. The molecular weight excluding hydrogens is 310 g/mol. The summed E-state index contributed by atoms with van der Waals surface area (Å²) in [7, 11) is 0. The fourth-order valence-electron chi connectivity index (χ4n) is 1.80. The van der Waals surface area contributed by atoms with Gasteiger partial charge in [-0.15, -0.1) is 11.3 Å². The smallest absolute Gasteiger partial charge is 0.266 e. The van der Waals surface area contributed by atoms with E-state index in [0.717, 1.165) is 16.9 Å². The van der Waals surface area contributed by atoms with Crippen molar-refractivity contribution in [1.82, 2.24) is 4.98 Å². The zero-order valence-electron chi connectivity index (χ0n) is 10.5. The first kappa shape index (κ1) is 13.5. The number of oxazole rings is 1. The van der Waals surface area contributed by atoms with Crippen LogP contribution >= 0.6 is 23.6 Å². The predicted molar refractivity (Wildman–Crippen MR) is 82.2 cm³/mol. The molecule has 6 nitrogen and oxygen atoms in total. The topological polar surface area (TPSA) is 101 Å². The van der Waals surface area contributed by atoms with Crippen molar-refractivity contribution in [2.45, 2.75) is 0 Å². The number of benzene rings is 1. The molecule has 0 unspecified atom stereocenters. The van der Waals surface area contributed by atoms with Gasteiger partial charge in [-0.3, -0.25) is 9.59 Å². The van der Waals surface area contributed by atoms with Gasteiger partial charge in [-0.05, 0) is 30.4 Å². The number of rotatable bonds is 3. The molecule has 0 atom stereocenters. The molecule has 2 heterocycles. The molecule has 3 rings (SSSR count). The summed E-state index contributed by atoms with van der Waals surface area (Å²) in [5.74, 6) is -0.878. The number of carbonyl (C=O) groups is 2. The number of nitrogens with two attached hydrogens (primary N) is 1. The molecule has 0 spiro atoms. The van der Waals surface area contributed by atoms with E-state index in [1.54, 1.807) is 23.6 Å². The maximum atomic E-state index is 12.1. The van der Waals surface area contributed by atoms with Crippen molar-refractivity contribution >= 4 is 52.2 Å². The summed E-state index contributed by atoms with van der Waals surface area (Å²) in [6, 6.07) is 6.61. The number of carbonyl (C=O) groups excluding carboxylic acids is 2. The highest BCUT2D eigenvalue weighted by molar-refractivity contribution is 7.71. The Balaban J connectivity index is 1.84. The van der Waals surface area contributed by atoms with Crippen LogP contribution in [0.2, 0.25) is 0 Å². The first-order valence-corrected chi connectivity index (χ1v) is 7.14. The average molecular weight is 319 g/mol. The van der Waals surface area contributed by atoms with Crippen LogP contribution in [0.1, 0.15) is 20.0 Å². The molecule has 0 fully saturated rings. The summed E-state index contributed by atoms with van der Waals surface area (Å²) in [4.78, 5) is 26.6. The Morgan fingerprint density at radius 2 is 2.14 bits per heavy atom. The molecule has 0 aliphatic heterocycles. The number of anilines is 1. The molecule has 106 valence electrons. The molecule has 21 heavy (non-hydrogen) atoms. The Kier molecular flexibility index (Phi) is 3.32. The number of aromatic amines is 1. The van der Waals surface area contributed by atoms with Crippen molar-refractivity contribution in [3.8, 4) is 0 Å². The van der Waals surface area contributed by atoms with E-state index < -0.39 is 5.91 Å². The van der Waals surface area contributed by atoms with Crippen LogP contribution in [-0.4, -0.2) is 16.8 Å². The van der Waals surface area contributed by atoms with Gasteiger partial charge in [0.1, 0.15) is 0 Å². The van der Waals surface area contributed by atoms with Gasteiger partial charge in [0.25, 0.3) is 10.7 Å². The van der Waals surface area contributed by atoms with E-state index >= 15 is 0 Å². The van der Waals surface area contributed by atoms with E-state index in [1.807, 2.05) is 0 Å². The van der Waals surface area contributed by atoms with Crippen LogP contribution in [0.4, 0.5) is 5.69 Å². The monoisotopic (exact) mass is 319 g/mol. The molecule has 0 bridgehead atoms. The Labute approximate surface area is 127 Å². The van der Waals surface area contributed by atoms with Gasteiger partial charge in [0, 0.05) is 17.1 Å². The van der Waals surface area contributed by atoms with Gasteiger partial charge in [-0.2, -0.15) is 0 Å². The minimum atomic E-state index is -0.559. The van der Waals surface area contributed by atoms with Crippen molar-refractivity contribution in [3.63, 3.8) is 0 Å². The first-order chi connectivity index (χ1) is 10.0. The zero-order valence-corrected chi connectivity index (χ0v) is 12.1. The number of thiophene rings is 1. The van der Waals surface area contributed by atoms with Crippen molar-refractivity contribution < 1.29 is 14.0 Å². The third-order valence-electron chi connectivity index (χ3n) is 2.79. The summed E-state index contributed by atoms with van der Waals surface area (Å²) < 4.78 is 5.28. The SMILES string of the molecule is NC(=O)c1csc(C(=O)Nc2ccc3[nH]c(=S)oc3c2)c1.